The van der Waals surface area contributed by atoms with Gasteiger partial charge in [-0.3, -0.25) is 4.79 Å². The van der Waals surface area contributed by atoms with Gasteiger partial charge >= 0.3 is 0 Å². The Labute approximate surface area is 118 Å². The van der Waals surface area contributed by atoms with Gasteiger partial charge in [-0.05, 0) is 31.0 Å². The predicted octanol–water partition coefficient (Wildman–Crippen LogP) is 2.89. The molecule has 1 aromatic carbocycles. The molecule has 4 heteroatoms. The molecule has 2 N–H and O–H groups in total. The molecular formula is C16H20N2O2. The summed E-state index contributed by atoms with van der Waals surface area (Å²) in [4.78, 5) is 15.5. The van der Waals surface area contributed by atoms with E-state index in [4.69, 9.17) is 4.74 Å². The Morgan fingerprint density at radius 2 is 2.20 bits per heavy atom. The van der Waals surface area contributed by atoms with Crippen LogP contribution in [0.15, 0.2) is 24.4 Å². The molecule has 1 aliphatic carbocycles. The second-order valence-electron chi connectivity index (χ2n) is 5.40. The number of H-pyrrole nitrogens is 1. The Balaban J connectivity index is 1.76. The Kier molecular flexibility index (Phi) is 3.74. The highest BCUT2D eigenvalue weighted by Crippen LogP contribution is 2.24. The van der Waals surface area contributed by atoms with Gasteiger partial charge in [0.15, 0.2) is 5.78 Å². The predicted molar refractivity (Wildman–Crippen MR) is 79.4 cm³/mol. The van der Waals surface area contributed by atoms with Crippen LogP contribution in [0.2, 0.25) is 0 Å². The van der Waals surface area contributed by atoms with Crippen LogP contribution in [0.3, 0.4) is 0 Å². The summed E-state index contributed by atoms with van der Waals surface area (Å²) in [7, 11) is 1.64. The fraction of sp³-hybridized carbons (Fsp3) is 0.438. The fourth-order valence-electron chi connectivity index (χ4n) is 2.92. The van der Waals surface area contributed by atoms with Crippen molar-refractivity contribution in [1.82, 2.24) is 10.3 Å². The van der Waals surface area contributed by atoms with E-state index in [2.05, 4.69) is 10.3 Å². The first-order chi connectivity index (χ1) is 9.78. The number of nitrogens with one attached hydrogen (secondary N) is 2. The molecule has 0 amide bonds. The molecule has 106 valence electrons. The summed E-state index contributed by atoms with van der Waals surface area (Å²) in [5.74, 6) is 0.909. The maximum Gasteiger partial charge on any atom is 0.178 e. The molecule has 1 saturated carbocycles. The number of methoxy groups -OCH3 is 1. The van der Waals surface area contributed by atoms with Crippen LogP contribution < -0.4 is 10.1 Å². The normalized spacial score (nSPS) is 15.8. The van der Waals surface area contributed by atoms with E-state index in [-0.39, 0.29) is 5.78 Å². The summed E-state index contributed by atoms with van der Waals surface area (Å²) in [5.41, 5.74) is 1.71. The quantitative estimate of drug-likeness (QED) is 0.823. The zero-order valence-corrected chi connectivity index (χ0v) is 11.7. The van der Waals surface area contributed by atoms with Crippen molar-refractivity contribution in [1.29, 1.82) is 0 Å². The molecule has 1 fully saturated rings. The number of aromatic amines is 1. The van der Waals surface area contributed by atoms with E-state index in [9.17, 15) is 4.79 Å². The number of rotatable bonds is 5. The molecule has 0 spiro atoms. The SMILES string of the molecule is COc1ccc2[nH]cc(C(=O)CNC3CCCC3)c2c1. The van der Waals surface area contributed by atoms with Crippen molar-refractivity contribution in [2.45, 2.75) is 31.7 Å². The lowest BCUT2D eigenvalue weighted by Gasteiger charge is -2.10. The number of carbonyl (C=O) groups is 1. The molecule has 20 heavy (non-hydrogen) atoms. The van der Waals surface area contributed by atoms with Gasteiger partial charge in [-0.1, -0.05) is 12.8 Å². The Morgan fingerprint density at radius 3 is 2.95 bits per heavy atom. The van der Waals surface area contributed by atoms with E-state index in [1.54, 1.807) is 13.3 Å². The smallest absolute Gasteiger partial charge is 0.178 e. The molecule has 0 aliphatic heterocycles. The van der Waals surface area contributed by atoms with Crippen LogP contribution in [0.4, 0.5) is 0 Å². The Morgan fingerprint density at radius 1 is 1.40 bits per heavy atom. The molecule has 1 aromatic heterocycles. The van der Waals surface area contributed by atoms with Crippen LogP contribution in [0.5, 0.6) is 5.75 Å². The molecular weight excluding hydrogens is 252 g/mol. The molecule has 1 aliphatic rings. The highest BCUT2D eigenvalue weighted by atomic mass is 16.5. The summed E-state index contributed by atoms with van der Waals surface area (Å²) >= 11 is 0. The van der Waals surface area contributed by atoms with Gasteiger partial charge < -0.3 is 15.0 Å². The lowest BCUT2D eigenvalue weighted by molar-refractivity contribution is 0.0989. The highest BCUT2D eigenvalue weighted by Gasteiger charge is 2.17. The van der Waals surface area contributed by atoms with Crippen molar-refractivity contribution in [3.8, 4) is 5.75 Å². The largest absolute Gasteiger partial charge is 0.497 e. The first-order valence-corrected chi connectivity index (χ1v) is 7.19. The summed E-state index contributed by atoms with van der Waals surface area (Å²) in [6.45, 7) is 0.412. The standard InChI is InChI=1S/C16H20N2O2/c1-20-12-6-7-15-13(8-12)14(9-18-15)16(19)10-17-11-4-2-3-5-11/h6-9,11,17-18H,2-5,10H2,1H3. The van der Waals surface area contributed by atoms with Crippen molar-refractivity contribution in [3.63, 3.8) is 0 Å². The molecule has 0 radical (unpaired) electrons. The number of hydrogen-bond acceptors (Lipinski definition) is 3. The molecule has 0 bridgehead atoms. The van der Waals surface area contributed by atoms with Crippen molar-refractivity contribution in [2.24, 2.45) is 0 Å². The monoisotopic (exact) mass is 272 g/mol. The Hall–Kier alpha value is -1.81. The maximum absolute atomic E-state index is 12.4. The number of fused-ring (bicyclic) bond motifs is 1. The maximum atomic E-state index is 12.4. The molecule has 4 nitrogen and oxygen atoms in total. The van der Waals surface area contributed by atoms with Crippen molar-refractivity contribution in [2.75, 3.05) is 13.7 Å². The van der Waals surface area contributed by atoms with Crippen molar-refractivity contribution < 1.29 is 9.53 Å². The third-order valence-electron chi connectivity index (χ3n) is 4.10. The zero-order chi connectivity index (χ0) is 13.9. The van der Waals surface area contributed by atoms with Gasteiger partial charge in [-0.2, -0.15) is 0 Å². The third kappa shape index (κ3) is 2.56. The summed E-state index contributed by atoms with van der Waals surface area (Å²) in [6.07, 6.45) is 6.72. The average molecular weight is 272 g/mol. The summed E-state index contributed by atoms with van der Waals surface area (Å²) in [6, 6.07) is 6.26. The van der Waals surface area contributed by atoms with Crippen molar-refractivity contribution in [3.05, 3.63) is 30.0 Å². The number of hydrogen-bond donors (Lipinski definition) is 2. The summed E-state index contributed by atoms with van der Waals surface area (Å²) in [5, 5.41) is 4.30. The van der Waals surface area contributed by atoms with Crippen LogP contribution in [0, 0.1) is 0 Å². The lowest BCUT2D eigenvalue weighted by atomic mass is 10.1. The third-order valence-corrected chi connectivity index (χ3v) is 4.10. The molecule has 0 unspecified atom stereocenters. The van der Waals surface area contributed by atoms with Gasteiger partial charge in [0.25, 0.3) is 0 Å². The van der Waals surface area contributed by atoms with Crippen molar-refractivity contribution >= 4 is 16.7 Å². The van der Waals surface area contributed by atoms with Gasteiger partial charge in [0.2, 0.25) is 0 Å². The fourth-order valence-corrected chi connectivity index (χ4v) is 2.92. The number of carbonyl (C=O) groups excluding carboxylic acids is 1. The second-order valence-corrected chi connectivity index (χ2v) is 5.40. The van der Waals surface area contributed by atoms with E-state index in [1.165, 1.54) is 25.7 Å². The van der Waals surface area contributed by atoms with Gasteiger partial charge in [0, 0.05) is 28.7 Å². The van der Waals surface area contributed by atoms with E-state index in [0.717, 1.165) is 22.2 Å². The van der Waals surface area contributed by atoms with E-state index in [1.807, 2.05) is 18.2 Å². The van der Waals surface area contributed by atoms with Crippen LogP contribution in [0.1, 0.15) is 36.0 Å². The lowest BCUT2D eigenvalue weighted by Crippen LogP contribution is -2.31. The van der Waals surface area contributed by atoms with E-state index >= 15 is 0 Å². The highest BCUT2D eigenvalue weighted by molar-refractivity contribution is 6.09. The topological polar surface area (TPSA) is 54.1 Å². The first kappa shape index (κ1) is 13.2. The first-order valence-electron chi connectivity index (χ1n) is 7.19. The molecule has 0 atom stereocenters. The molecule has 3 rings (SSSR count). The second kappa shape index (κ2) is 5.67. The summed E-state index contributed by atoms with van der Waals surface area (Å²) < 4.78 is 5.23. The Bertz CT molecular complexity index is 612. The van der Waals surface area contributed by atoms with Crippen LogP contribution in [0.25, 0.3) is 10.9 Å². The van der Waals surface area contributed by atoms with E-state index in [0.29, 0.717) is 12.6 Å². The number of aromatic nitrogens is 1. The van der Waals surface area contributed by atoms with Crippen LogP contribution in [-0.2, 0) is 0 Å². The van der Waals surface area contributed by atoms with Gasteiger partial charge in [0.1, 0.15) is 5.75 Å². The molecule has 0 saturated heterocycles. The van der Waals surface area contributed by atoms with Gasteiger partial charge in [-0.15, -0.1) is 0 Å². The van der Waals surface area contributed by atoms with Crippen LogP contribution in [-0.4, -0.2) is 30.5 Å². The van der Waals surface area contributed by atoms with Gasteiger partial charge in [0.05, 0.1) is 13.7 Å². The molecule has 1 heterocycles. The van der Waals surface area contributed by atoms with Crippen LogP contribution >= 0.6 is 0 Å². The molecule has 2 aromatic rings. The number of benzene rings is 1. The zero-order valence-electron chi connectivity index (χ0n) is 11.7. The minimum absolute atomic E-state index is 0.136. The minimum Gasteiger partial charge on any atom is -0.497 e. The van der Waals surface area contributed by atoms with E-state index < -0.39 is 0 Å². The number of ketones is 1. The number of ether oxygens (including phenoxy) is 1. The average Bonchev–Trinajstić information content (AvgIpc) is 3.13. The minimum atomic E-state index is 0.136. The number of Topliss-reactive ketones (excluding diaryl/α,β-unsaturated/α-hetero) is 1. The van der Waals surface area contributed by atoms with Gasteiger partial charge in [-0.25, -0.2) is 0 Å².